The Labute approximate surface area is 119 Å². The smallest absolute Gasteiger partial charge is 0.315 e. The first-order valence-corrected chi connectivity index (χ1v) is 9.16. The third-order valence-electron chi connectivity index (χ3n) is 5.03. The van der Waals surface area contributed by atoms with Gasteiger partial charge in [0.15, 0.2) is 9.84 Å². The van der Waals surface area contributed by atoms with E-state index in [1.807, 2.05) is 0 Å². The Hall–Kier alpha value is -0.820. The highest BCUT2D eigenvalue weighted by molar-refractivity contribution is 7.91. The lowest BCUT2D eigenvalue weighted by Gasteiger charge is -2.52. The standard InChI is InChI=1S/C13H22N2O4S/c16-12(14-10-2-8-20(17,18)9-10)15-11-1-3-13(11)4-6-19-7-5-13/h10-11H,1-9H2,(H2,14,15,16). The van der Waals surface area contributed by atoms with Crippen molar-refractivity contribution in [3.63, 3.8) is 0 Å². The van der Waals surface area contributed by atoms with Crippen LogP contribution in [-0.4, -0.2) is 51.3 Å². The second-order valence-electron chi connectivity index (χ2n) is 6.28. The Kier molecular flexibility index (Phi) is 3.66. The van der Waals surface area contributed by atoms with Crippen LogP contribution in [0, 0.1) is 5.41 Å². The second kappa shape index (κ2) is 5.18. The molecule has 2 heterocycles. The third kappa shape index (κ3) is 2.79. The number of urea groups is 1. The highest BCUT2D eigenvalue weighted by Crippen LogP contribution is 2.48. The van der Waals surface area contributed by atoms with Crippen molar-refractivity contribution < 1.29 is 17.9 Å². The van der Waals surface area contributed by atoms with Gasteiger partial charge in [0, 0.05) is 25.3 Å². The Balaban J connectivity index is 1.50. The quantitative estimate of drug-likeness (QED) is 0.775. The molecule has 2 unspecified atom stereocenters. The Morgan fingerprint density at radius 3 is 2.40 bits per heavy atom. The van der Waals surface area contributed by atoms with Crippen LogP contribution in [0.4, 0.5) is 4.79 Å². The predicted molar refractivity (Wildman–Crippen MR) is 74.2 cm³/mol. The first-order valence-electron chi connectivity index (χ1n) is 7.34. The van der Waals surface area contributed by atoms with E-state index in [9.17, 15) is 13.2 Å². The van der Waals surface area contributed by atoms with Gasteiger partial charge in [-0.1, -0.05) is 0 Å². The van der Waals surface area contributed by atoms with Crippen LogP contribution < -0.4 is 10.6 Å². The van der Waals surface area contributed by atoms with Gasteiger partial charge in [-0.15, -0.1) is 0 Å². The molecule has 7 heteroatoms. The summed E-state index contributed by atoms with van der Waals surface area (Å²) in [5, 5.41) is 5.83. The minimum absolute atomic E-state index is 0.0735. The van der Waals surface area contributed by atoms with Gasteiger partial charge in [-0.2, -0.15) is 0 Å². The fourth-order valence-corrected chi connectivity index (χ4v) is 5.27. The molecule has 0 bridgehead atoms. The van der Waals surface area contributed by atoms with Crippen LogP contribution >= 0.6 is 0 Å². The van der Waals surface area contributed by atoms with Gasteiger partial charge >= 0.3 is 6.03 Å². The van der Waals surface area contributed by atoms with Crippen molar-refractivity contribution in [1.82, 2.24) is 10.6 Å². The maximum atomic E-state index is 12.0. The summed E-state index contributed by atoms with van der Waals surface area (Å²) in [5.74, 6) is 0.257. The zero-order chi connectivity index (χ0) is 14.2. The molecule has 114 valence electrons. The first-order chi connectivity index (χ1) is 9.49. The molecule has 2 aliphatic heterocycles. The summed E-state index contributed by atoms with van der Waals surface area (Å²) >= 11 is 0. The van der Waals surface area contributed by atoms with E-state index in [1.165, 1.54) is 0 Å². The predicted octanol–water partition coefficient (Wildman–Crippen LogP) is 0.432. The summed E-state index contributed by atoms with van der Waals surface area (Å²) in [6, 6.07) is -0.238. The van der Waals surface area contributed by atoms with E-state index in [-0.39, 0.29) is 35.0 Å². The van der Waals surface area contributed by atoms with Crippen molar-refractivity contribution >= 4 is 15.9 Å². The van der Waals surface area contributed by atoms with Gasteiger partial charge < -0.3 is 15.4 Å². The first kappa shape index (κ1) is 14.1. The van der Waals surface area contributed by atoms with Gasteiger partial charge in [-0.25, -0.2) is 13.2 Å². The van der Waals surface area contributed by atoms with E-state index in [1.54, 1.807) is 0 Å². The lowest BCUT2D eigenvalue weighted by atomic mass is 9.60. The van der Waals surface area contributed by atoms with Crippen molar-refractivity contribution in [2.45, 2.75) is 44.2 Å². The van der Waals surface area contributed by atoms with Gasteiger partial charge in [0.2, 0.25) is 0 Å². The van der Waals surface area contributed by atoms with Gasteiger partial charge in [0.25, 0.3) is 0 Å². The van der Waals surface area contributed by atoms with Crippen LogP contribution in [-0.2, 0) is 14.6 Å². The molecule has 3 aliphatic rings. The minimum atomic E-state index is -2.95. The van der Waals surface area contributed by atoms with Crippen molar-refractivity contribution in [3.8, 4) is 0 Å². The molecule has 0 radical (unpaired) electrons. The molecular formula is C13H22N2O4S. The number of carbonyl (C=O) groups excluding carboxylic acids is 1. The molecule has 0 aromatic heterocycles. The van der Waals surface area contributed by atoms with Crippen LogP contribution in [0.5, 0.6) is 0 Å². The van der Waals surface area contributed by atoms with Gasteiger partial charge in [-0.05, 0) is 37.5 Å². The molecule has 2 saturated heterocycles. The monoisotopic (exact) mass is 302 g/mol. The molecule has 2 N–H and O–H groups in total. The zero-order valence-electron chi connectivity index (χ0n) is 11.6. The lowest BCUT2D eigenvalue weighted by Crippen LogP contribution is -2.59. The van der Waals surface area contributed by atoms with E-state index < -0.39 is 9.84 Å². The van der Waals surface area contributed by atoms with E-state index in [0.29, 0.717) is 6.42 Å². The van der Waals surface area contributed by atoms with Crippen LogP contribution in [0.3, 0.4) is 0 Å². The van der Waals surface area contributed by atoms with Crippen LogP contribution in [0.15, 0.2) is 0 Å². The molecule has 20 heavy (non-hydrogen) atoms. The summed E-state index contributed by atoms with van der Waals surface area (Å²) in [6.45, 7) is 1.56. The normalized spacial score (nSPS) is 34.4. The summed E-state index contributed by atoms with van der Waals surface area (Å²) < 4.78 is 28.1. The van der Waals surface area contributed by atoms with Crippen molar-refractivity contribution in [3.05, 3.63) is 0 Å². The summed E-state index contributed by atoms with van der Waals surface area (Å²) in [4.78, 5) is 12.0. The van der Waals surface area contributed by atoms with Gasteiger partial charge in [-0.3, -0.25) is 0 Å². The maximum Gasteiger partial charge on any atom is 0.315 e. The summed E-state index contributed by atoms with van der Waals surface area (Å²) in [5.41, 5.74) is 0.220. The number of nitrogens with one attached hydrogen (secondary N) is 2. The third-order valence-corrected chi connectivity index (χ3v) is 6.80. The lowest BCUT2D eigenvalue weighted by molar-refractivity contribution is -0.0511. The van der Waals surface area contributed by atoms with Crippen molar-refractivity contribution in [2.24, 2.45) is 5.41 Å². The molecule has 2 amide bonds. The maximum absolute atomic E-state index is 12.0. The summed E-state index contributed by atoms with van der Waals surface area (Å²) in [6.07, 6.45) is 4.71. The fourth-order valence-electron chi connectivity index (χ4n) is 3.59. The van der Waals surface area contributed by atoms with Crippen LogP contribution in [0.1, 0.15) is 32.1 Å². The molecular weight excluding hydrogens is 280 g/mol. The minimum Gasteiger partial charge on any atom is -0.381 e. The van der Waals surface area contributed by atoms with Gasteiger partial charge in [0.05, 0.1) is 11.5 Å². The van der Waals surface area contributed by atoms with E-state index >= 15 is 0 Å². The van der Waals surface area contributed by atoms with Crippen molar-refractivity contribution in [2.75, 3.05) is 24.7 Å². The van der Waals surface area contributed by atoms with E-state index in [0.717, 1.165) is 38.9 Å². The SMILES string of the molecule is O=C(NC1CCS(=O)(=O)C1)NC1CCC12CCOCC2. The number of sulfone groups is 1. The molecule has 3 fully saturated rings. The highest BCUT2D eigenvalue weighted by atomic mass is 32.2. The summed E-state index contributed by atoms with van der Waals surface area (Å²) in [7, 11) is -2.95. The Morgan fingerprint density at radius 2 is 1.85 bits per heavy atom. The zero-order valence-corrected chi connectivity index (χ0v) is 12.4. The van der Waals surface area contributed by atoms with Crippen LogP contribution in [0.25, 0.3) is 0 Å². The van der Waals surface area contributed by atoms with Crippen LogP contribution in [0.2, 0.25) is 0 Å². The second-order valence-corrected chi connectivity index (χ2v) is 8.51. The fraction of sp³-hybridized carbons (Fsp3) is 0.923. The Morgan fingerprint density at radius 1 is 1.10 bits per heavy atom. The average Bonchev–Trinajstić information content (AvgIpc) is 2.75. The molecule has 1 aliphatic carbocycles. The molecule has 1 saturated carbocycles. The number of rotatable bonds is 2. The molecule has 0 aromatic carbocycles. The molecule has 1 spiro atoms. The molecule has 3 rings (SSSR count). The molecule has 6 nitrogen and oxygen atoms in total. The molecule has 2 atom stereocenters. The number of ether oxygens (including phenoxy) is 1. The average molecular weight is 302 g/mol. The van der Waals surface area contributed by atoms with Gasteiger partial charge in [0.1, 0.15) is 0 Å². The number of hydrogen-bond acceptors (Lipinski definition) is 4. The number of hydrogen-bond donors (Lipinski definition) is 2. The van der Waals surface area contributed by atoms with E-state index in [2.05, 4.69) is 10.6 Å². The molecule has 0 aromatic rings. The largest absolute Gasteiger partial charge is 0.381 e. The van der Waals surface area contributed by atoms with E-state index in [4.69, 9.17) is 4.74 Å². The Bertz CT molecular complexity index is 485. The highest BCUT2D eigenvalue weighted by Gasteiger charge is 2.48. The van der Waals surface area contributed by atoms with Crippen molar-refractivity contribution in [1.29, 1.82) is 0 Å². The number of amides is 2. The number of carbonyl (C=O) groups is 1. The topological polar surface area (TPSA) is 84.5 Å².